The summed E-state index contributed by atoms with van der Waals surface area (Å²) in [5, 5.41) is 0. The monoisotopic (exact) mass is 372 g/mol. The molecule has 0 bridgehead atoms. The van der Waals surface area contributed by atoms with Crippen LogP contribution in [0, 0.1) is 6.92 Å². The zero-order valence-electron chi connectivity index (χ0n) is 13.8. The van der Waals surface area contributed by atoms with E-state index < -0.39 is 22.8 Å². The molecule has 0 atom stereocenters. The molecule has 2 aromatic rings. The number of hydrogen-bond acceptors (Lipinski definition) is 4. The van der Waals surface area contributed by atoms with E-state index in [4.69, 9.17) is 4.74 Å². The van der Waals surface area contributed by atoms with Gasteiger partial charge in [0.15, 0.2) is 6.61 Å². The fourth-order valence-corrected chi connectivity index (χ4v) is 2.89. The molecular formula is C15H16BF3N2O3S. The van der Waals surface area contributed by atoms with E-state index in [-0.39, 0.29) is 5.75 Å². The van der Waals surface area contributed by atoms with Gasteiger partial charge in [0.05, 0.1) is 6.26 Å². The molecule has 1 aromatic heterocycles. The van der Waals surface area contributed by atoms with Crippen LogP contribution in [0.3, 0.4) is 0 Å². The molecule has 0 spiro atoms. The van der Waals surface area contributed by atoms with E-state index in [2.05, 4.69) is 9.71 Å². The molecular weight excluding hydrogens is 356 g/mol. The number of sulfonamides is 1. The molecule has 0 amide bonds. The Morgan fingerprint density at radius 3 is 2.48 bits per heavy atom. The lowest BCUT2D eigenvalue weighted by Crippen LogP contribution is -2.22. The number of alkyl halides is 3. The number of nitrogens with zero attached hydrogens (tertiary/aromatic N) is 1. The van der Waals surface area contributed by atoms with Gasteiger partial charge in [-0.3, -0.25) is 9.71 Å². The second-order valence-corrected chi connectivity index (χ2v) is 7.39. The van der Waals surface area contributed by atoms with Gasteiger partial charge in [0, 0.05) is 23.6 Å². The van der Waals surface area contributed by atoms with Gasteiger partial charge < -0.3 is 4.74 Å². The average Bonchev–Trinajstić information content (AvgIpc) is 2.43. The summed E-state index contributed by atoms with van der Waals surface area (Å²) >= 11 is 0. The average molecular weight is 372 g/mol. The number of nitrogens with one attached hydrogen (secondary N) is 1. The summed E-state index contributed by atoms with van der Waals surface area (Å²) in [5.74, 6) is 0.0965. The first-order valence-corrected chi connectivity index (χ1v) is 9.08. The molecule has 0 aliphatic rings. The summed E-state index contributed by atoms with van der Waals surface area (Å²) in [6.07, 6.45) is -0.579. The summed E-state index contributed by atoms with van der Waals surface area (Å²) in [7, 11) is -1.82. The normalized spacial score (nSPS) is 12.0. The summed E-state index contributed by atoms with van der Waals surface area (Å²) in [6.45, 7) is 0.316. The van der Waals surface area contributed by atoms with Gasteiger partial charge in [-0.2, -0.15) is 13.2 Å². The van der Waals surface area contributed by atoms with E-state index in [9.17, 15) is 21.6 Å². The van der Waals surface area contributed by atoms with Crippen LogP contribution in [0.25, 0.3) is 11.1 Å². The first-order chi connectivity index (χ1) is 11.5. The lowest BCUT2D eigenvalue weighted by atomic mass is 9.91. The third-order valence-corrected chi connectivity index (χ3v) is 3.88. The molecule has 0 fully saturated rings. The molecule has 0 saturated carbocycles. The van der Waals surface area contributed by atoms with Crippen molar-refractivity contribution in [3.63, 3.8) is 0 Å². The van der Waals surface area contributed by atoms with Gasteiger partial charge in [0.2, 0.25) is 10.0 Å². The third kappa shape index (κ3) is 5.38. The van der Waals surface area contributed by atoms with Gasteiger partial charge in [-0.05, 0) is 35.6 Å². The van der Waals surface area contributed by atoms with Crippen molar-refractivity contribution in [3.8, 4) is 16.9 Å². The Morgan fingerprint density at radius 2 is 1.92 bits per heavy atom. The van der Waals surface area contributed by atoms with Crippen LogP contribution in [0.4, 0.5) is 18.9 Å². The highest BCUT2D eigenvalue weighted by molar-refractivity contribution is 7.92. The maximum Gasteiger partial charge on any atom is 0.422 e. The largest absolute Gasteiger partial charge is 0.484 e. The minimum atomic E-state index is -4.45. The van der Waals surface area contributed by atoms with Gasteiger partial charge in [-0.25, -0.2) is 8.42 Å². The Labute approximate surface area is 144 Å². The molecule has 0 unspecified atom stereocenters. The van der Waals surface area contributed by atoms with E-state index in [0.29, 0.717) is 27.8 Å². The minimum absolute atomic E-state index is 0.0965. The number of rotatable bonds is 5. The lowest BCUT2D eigenvalue weighted by Gasteiger charge is -2.17. The Hall–Kier alpha value is -2.23. The van der Waals surface area contributed by atoms with E-state index >= 15 is 0 Å². The van der Waals surface area contributed by atoms with Crippen molar-refractivity contribution in [2.75, 3.05) is 17.6 Å². The van der Waals surface area contributed by atoms with Crippen LogP contribution in [-0.2, 0) is 10.0 Å². The van der Waals surface area contributed by atoms with Gasteiger partial charge in [0.25, 0.3) is 0 Å². The van der Waals surface area contributed by atoms with E-state index in [1.807, 2.05) is 0 Å². The lowest BCUT2D eigenvalue weighted by molar-refractivity contribution is -0.153. The van der Waals surface area contributed by atoms with Crippen molar-refractivity contribution in [2.24, 2.45) is 0 Å². The van der Waals surface area contributed by atoms with Crippen LogP contribution in [-0.4, -0.2) is 40.3 Å². The van der Waals surface area contributed by atoms with Gasteiger partial charge in [0.1, 0.15) is 13.6 Å². The molecule has 134 valence electrons. The molecule has 10 heteroatoms. The highest BCUT2D eigenvalue weighted by Gasteiger charge is 2.29. The first kappa shape index (κ1) is 19.1. The zero-order valence-corrected chi connectivity index (χ0v) is 14.6. The number of aromatic nitrogens is 1. The van der Waals surface area contributed by atoms with Crippen molar-refractivity contribution in [3.05, 3.63) is 36.2 Å². The first-order valence-electron chi connectivity index (χ1n) is 7.19. The molecule has 0 saturated heterocycles. The fourth-order valence-electron chi connectivity index (χ4n) is 2.33. The second kappa shape index (κ2) is 6.95. The number of hydrogen-bond donors (Lipinski definition) is 1. The van der Waals surface area contributed by atoms with Gasteiger partial charge in [-0.15, -0.1) is 0 Å². The molecule has 25 heavy (non-hydrogen) atoms. The summed E-state index contributed by atoms with van der Waals surface area (Å²) in [5.41, 5.74) is 2.51. The molecule has 1 N–H and O–H groups in total. The van der Waals surface area contributed by atoms with Crippen LogP contribution in [0.2, 0.25) is 0 Å². The Bertz CT molecular complexity index is 886. The number of pyridine rings is 1. The number of aryl methyl sites for hydroxylation is 1. The Morgan fingerprint density at radius 1 is 1.24 bits per heavy atom. The quantitative estimate of drug-likeness (QED) is 0.811. The van der Waals surface area contributed by atoms with Crippen molar-refractivity contribution >= 4 is 29.0 Å². The summed E-state index contributed by atoms with van der Waals surface area (Å²) in [6, 6.07) is 4.73. The van der Waals surface area contributed by atoms with Crippen LogP contribution >= 0.6 is 0 Å². The standard InChI is InChI=1S/C15H16BF3N2O3S/c1-9-5-10(21-25(2,22)23)3-4-11(9)12-6-20-7-13(16)14(12)24-8-15(17,18)19/h3-7,21H,8,16H2,1-2H3. The number of anilines is 1. The maximum absolute atomic E-state index is 12.5. The zero-order chi connectivity index (χ0) is 18.8. The highest BCUT2D eigenvalue weighted by Crippen LogP contribution is 2.32. The predicted octanol–water partition coefficient (Wildman–Crippen LogP) is 1.63. The van der Waals surface area contributed by atoms with Crippen molar-refractivity contribution < 1.29 is 26.3 Å². The van der Waals surface area contributed by atoms with Gasteiger partial charge >= 0.3 is 6.18 Å². The summed E-state index contributed by atoms with van der Waals surface area (Å²) < 4.78 is 67.4. The number of ether oxygens (including phenoxy) is 1. The molecule has 2 rings (SSSR count). The molecule has 0 aliphatic heterocycles. The van der Waals surface area contributed by atoms with Crippen molar-refractivity contribution in [1.29, 1.82) is 0 Å². The second-order valence-electron chi connectivity index (χ2n) is 5.64. The molecule has 5 nitrogen and oxygen atoms in total. The molecule has 1 aromatic carbocycles. The molecule has 1 heterocycles. The Balaban J connectivity index is 2.43. The number of halogens is 3. The molecule has 0 radical (unpaired) electrons. The topological polar surface area (TPSA) is 68.3 Å². The minimum Gasteiger partial charge on any atom is -0.484 e. The fraction of sp³-hybridized carbons (Fsp3) is 0.267. The van der Waals surface area contributed by atoms with Gasteiger partial charge in [-0.1, -0.05) is 6.07 Å². The maximum atomic E-state index is 12.5. The van der Waals surface area contributed by atoms with E-state index in [0.717, 1.165) is 6.26 Å². The van der Waals surface area contributed by atoms with Crippen LogP contribution in [0.5, 0.6) is 5.75 Å². The van der Waals surface area contributed by atoms with Crippen LogP contribution in [0.1, 0.15) is 5.56 Å². The van der Waals surface area contributed by atoms with Crippen LogP contribution in [0.15, 0.2) is 30.6 Å². The number of benzene rings is 1. The Kier molecular flexibility index (Phi) is 5.31. The van der Waals surface area contributed by atoms with E-state index in [1.54, 1.807) is 26.9 Å². The smallest absolute Gasteiger partial charge is 0.422 e. The predicted molar refractivity (Wildman–Crippen MR) is 92.6 cm³/mol. The SMILES string of the molecule is Bc1cncc(-c2ccc(NS(C)(=O)=O)cc2C)c1OCC(F)(F)F. The van der Waals surface area contributed by atoms with Crippen molar-refractivity contribution in [2.45, 2.75) is 13.1 Å². The van der Waals surface area contributed by atoms with Crippen molar-refractivity contribution in [1.82, 2.24) is 4.98 Å². The highest BCUT2D eigenvalue weighted by atomic mass is 32.2. The molecule has 0 aliphatic carbocycles. The van der Waals surface area contributed by atoms with Crippen LogP contribution < -0.4 is 14.9 Å². The third-order valence-electron chi connectivity index (χ3n) is 3.27. The summed E-state index contributed by atoms with van der Waals surface area (Å²) in [4.78, 5) is 4.02. The van der Waals surface area contributed by atoms with E-state index in [1.165, 1.54) is 18.5 Å².